The second-order valence-corrected chi connectivity index (χ2v) is 9.05. The molecule has 6 nitrogen and oxygen atoms in total. The van der Waals surface area contributed by atoms with Gasteiger partial charge in [-0.05, 0) is 61.5 Å². The van der Waals surface area contributed by atoms with Crippen LogP contribution in [0.15, 0.2) is 47.4 Å². The molecule has 33 heavy (non-hydrogen) atoms. The van der Waals surface area contributed by atoms with Crippen molar-refractivity contribution in [3.8, 4) is 0 Å². The molecule has 2 atom stereocenters. The summed E-state index contributed by atoms with van der Waals surface area (Å²) in [6, 6.07) is 10.1. The Hall–Kier alpha value is -3.04. The number of amides is 3. The SMILES string of the molecule is C[C@H]1CN(C(=O)c2ccc(/C=C3\SC(=O)N(Cc4c(F)cccc4F)C3=O)cc2)C[C@H](C)O1. The molecule has 2 saturated heterocycles. The summed E-state index contributed by atoms with van der Waals surface area (Å²) in [6.45, 7) is 4.39. The van der Waals surface area contributed by atoms with Gasteiger partial charge in [0.25, 0.3) is 17.1 Å². The summed E-state index contributed by atoms with van der Waals surface area (Å²) >= 11 is 0.706. The van der Waals surface area contributed by atoms with Gasteiger partial charge in [-0.25, -0.2) is 8.78 Å². The summed E-state index contributed by atoms with van der Waals surface area (Å²) in [5, 5.41) is -0.601. The van der Waals surface area contributed by atoms with Gasteiger partial charge in [0.05, 0.1) is 23.7 Å². The van der Waals surface area contributed by atoms with Gasteiger partial charge in [-0.3, -0.25) is 19.3 Å². The lowest BCUT2D eigenvalue weighted by Gasteiger charge is -2.35. The molecule has 2 fully saturated rings. The molecule has 2 heterocycles. The van der Waals surface area contributed by atoms with Gasteiger partial charge in [0.1, 0.15) is 11.6 Å². The highest BCUT2D eigenvalue weighted by Crippen LogP contribution is 2.34. The highest BCUT2D eigenvalue weighted by atomic mass is 32.2. The summed E-state index contributed by atoms with van der Waals surface area (Å²) < 4.78 is 33.5. The average Bonchev–Trinajstić information content (AvgIpc) is 3.02. The molecule has 9 heteroatoms. The average molecular weight is 473 g/mol. The molecule has 0 aliphatic carbocycles. The van der Waals surface area contributed by atoms with Crippen LogP contribution < -0.4 is 0 Å². The number of carbonyl (C=O) groups is 3. The predicted molar refractivity (Wildman–Crippen MR) is 120 cm³/mol. The van der Waals surface area contributed by atoms with Crippen molar-refractivity contribution in [2.75, 3.05) is 13.1 Å². The van der Waals surface area contributed by atoms with Gasteiger partial charge < -0.3 is 9.64 Å². The quantitative estimate of drug-likeness (QED) is 0.615. The highest BCUT2D eigenvalue weighted by molar-refractivity contribution is 8.18. The molecule has 3 amide bonds. The van der Waals surface area contributed by atoms with Gasteiger partial charge in [-0.2, -0.15) is 0 Å². The molecule has 0 spiro atoms. The van der Waals surface area contributed by atoms with Crippen LogP contribution in [-0.4, -0.2) is 52.2 Å². The molecular formula is C24H22F2N2O4S. The molecule has 172 valence electrons. The second-order valence-electron chi connectivity index (χ2n) is 8.06. The monoisotopic (exact) mass is 472 g/mol. The van der Waals surface area contributed by atoms with E-state index in [-0.39, 0.29) is 28.6 Å². The Morgan fingerprint density at radius 2 is 1.67 bits per heavy atom. The minimum absolute atomic E-state index is 0.0366. The summed E-state index contributed by atoms with van der Waals surface area (Å²) in [6.07, 6.45) is 1.45. The van der Waals surface area contributed by atoms with Crippen molar-refractivity contribution in [3.05, 3.63) is 75.7 Å². The number of morpholine rings is 1. The van der Waals surface area contributed by atoms with Crippen molar-refractivity contribution in [2.24, 2.45) is 0 Å². The lowest BCUT2D eigenvalue weighted by molar-refractivity contribution is -0.123. The zero-order valence-electron chi connectivity index (χ0n) is 18.1. The van der Waals surface area contributed by atoms with Crippen LogP contribution in [0.2, 0.25) is 0 Å². The van der Waals surface area contributed by atoms with Gasteiger partial charge in [0, 0.05) is 24.2 Å². The van der Waals surface area contributed by atoms with Gasteiger partial charge in [-0.15, -0.1) is 0 Å². The number of hydrogen-bond acceptors (Lipinski definition) is 5. The lowest BCUT2D eigenvalue weighted by Crippen LogP contribution is -2.48. The van der Waals surface area contributed by atoms with Gasteiger partial charge in [-0.1, -0.05) is 18.2 Å². The molecule has 0 unspecified atom stereocenters. The fraction of sp³-hybridized carbons (Fsp3) is 0.292. The molecule has 0 N–H and O–H groups in total. The maximum Gasteiger partial charge on any atom is 0.293 e. The largest absolute Gasteiger partial charge is 0.372 e. The number of rotatable bonds is 4. The van der Waals surface area contributed by atoms with E-state index in [1.807, 2.05) is 13.8 Å². The minimum Gasteiger partial charge on any atom is -0.372 e. The Morgan fingerprint density at radius 3 is 2.27 bits per heavy atom. The van der Waals surface area contributed by atoms with E-state index in [1.165, 1.54) is 12.1 Å². The van der Waals surface area contributed by atoms with E-state index < -0.39 is 29.3 Å². The third-order valence-corrected chi connectivity index (χ3v) is 6.32. The van der Waals surface area contributed by atoms with E-state index in [4.69, 9.17) is 4.74 Å². The smallest absolute Gasteiger partial charge is 0.293 e. The third kappa shape index (κ3) is 4.99. The summed E-state index contributed by atoms with van der Waals surface area (Å²) in [5.74, 6) is -2.36. The number of halogens is 2. The van der Waals surface area contributed by atoms with Crippen LogP contribution in [0.1, 0.15) is 35.3 Å². The van der Waals surface area contributed by atoms with Crippen LogP contribution in [0.4, 0.5) is 13.6 Å². The lowest BCUT2D eigenvalue weighted by atomic mass is 10.1. The van der Waals surface area contributed by atoms with Crippen molar-refractivity contribution in [2.45, 2.75) is 32.6 Å². The molecule has 0 saturated carbocycles. The van der Waals surface area contributed by atoms with Crippen molar-refractivity contribution >= 4 is 34.9 Å². The Balaban J connectivity index is 1.47. The molecule has 2 aromatic rings. The van der Waals surface area contributed by atoms with E-state index in [9.17, 15) is 23.2 Å². The Bertz CT molecular complexity index is 1110. The van der Waals surface area contributed by atoms with E-state index in [1.54, 1.807) is 29.2 Å². The number of nitrogens with zero attached hydrogens (tertiary/aromatic N) is 2. The molecule has 2 aliphatic heterocycles. The fourth-order valence-corrected chi connectivity index (χ4v) is 4.72. The molecular weight excluding hydrogens is 450 g/mol. The Kier molecular flexibility index (Phi) is 6.62. The fourth-order valence-electron chi connectivity index (χ4n) is 3.88. The van der Waals surface area contributed by atoms with Crippen molar-refractivity contribution < 1.29 is 27.9 Å². The Labute approximate surface area is 194 Å². The van der Waals surface area contributed by atoms with Crippen molar-refractivity contribution in [1.82, 2.24) is 9.80 Å². The third-order valence-electron chi connectivity index (χ3n) is 5.41. The summed E-state index contributed by atoms with van der Waals surface area (Å²) in [5.41, 5.74) is 0.796. The number of ether oxygens (including phenoxy) is 1. The maximum absolute atomic E-state index is 13.9. The van der Waals surface area contributed by atoms with E-state index in [2.05, 4.69) is 0 Å². The van der Waals surface area contributed by atoms with Crippen LogP contribution in [0.3, 0.4) is 0 Å². The normalized spacial score (nSPS) is 22.4. The van der Waals surface area contributed by atoms with Gasteiger partial charge in [0.15, 0.2) is 0 Å². The number of imide groups is 1. The predicted octanol–water partition coefficient (Wildman–Crippen LogP) is 4.45. The van der Waals surface area contributed by atoms with Crippen molar-refractivity contribution in [3.63, 3.8) is 0 Å². The van der Waals surface area contributed by atoms with E-state index in [0.29, 0.717) is 36.0 Å². The first kappa shape index (κ1) is 23.1. The molecule has 2 aromatic carbocycles. The first-order valence-corrected chi connectivity index (χ1v) is 11.3. The van der Waals surface area contributed by atoms with Crippen LogP contribution in [0, 0.1) is 11.6 Å². The molecule has 0 aromatic heterocycles. The first-order valence-electron chi connectivity index (χ1n) is 10.5. The van der Waals surface area contributed by atoms with Gasteiger partial charge >= 0.3 is 0 Å². The number of hydrogen-bond donors (Lipinski definition) is 0. The van der Waals surface area contributed by atoms with Crippen LogP contribution in [-0.2, 0) is 16.1 Å². The molecule has 0 bridgehead atoms. The molecule has 0 radical (unpaired) electrons. The summed E-state index contributed by atoms with van der Waals surface area (Å²) in [7, 11) is 0. The van der Waals surface area contributed by atoms with E-state index in [0.717, 1.165) is 17.0 Å². The molecule has 4 rings (SSSR count). The van der Waals surface area contributed by atoms with Gasteiger partial charge in [0.2, 0.25) is 0 Å². The molecule has 2 aliphatic rings. The van der Waals surface area contributed by atoms with E-state index >= 15 is 0 Å². The van der Waals surface area contributed by atoms with Crippen LogP contribution in [0.5, 0.6) is 0 Å². The topological polar surface area (TPSA) is 66.9 Å². The summed E-state index contributed by atoms with van der Waals surface area (Å²) in [4.78, 5) is 40.5. The highest BCUT2D eigenvalue weighted by Gasteiger charge is 2.36. The standard InChI is InChI=1S/C24H22F2N2O4S/c1-14-11-27(12-15(2)32-14)22(29)17-8-6-16(7-9-17)10-21-23(30)28(24(31)33-21)13-18-19(25)4-3-5-20(18)26/h3-10,14-15H,11-13H2,1-2H3/b21-10-/t14-,15-/m0/s1. The first-order chi connectivity index (χ1) is 15.7. The zero-order chi connectivity index (χ0) is 23.7. The van der Waals surface area contributed by atoms with Crippen LogP contribution >= 0.6 is 11.8 Å². The van der Waals surface area contributed by atoms with Crippen molar-refractivity contribution in [1.29, 1.82) is 0 Å². The van der Waals surface area contributed by atoms with Crippen LogP contribution in [0.25, 0.3) is 6.08 Å². The second kappa shape index (κ2) is 9.44. The Morgan fingerprint density at radius 1 is 1.06 bits per heavy atom. The number of benzene rings is 2. The minimum atomic E-state index is -0.817. The zero-order valence-corrected chi connectivity index (χ0v) is 18.9. The number of thioether (sulfide) groups is 1. The maximum atomic E-state index is 13.9. The number of carbonyl (C=O) groups excluding carboxylic acids is 3.